The number of fused-ring (bicyclic) bond motifs is 1. The van der Waals surface area contributed by atoms with Crippen molar-refractivity contribution >= 4 is 5.91 Å². The third-order valence-electron chi connectivity index (χ3n) is 4.12. The van der Waals surface area contributed by atoms with E-state index < -0.39 is 0 Å². The van der Waals surface area contributed by atoms with Gasteiger partial charge in [0, 0.05) is 38.9 Å². The molecule has 3 atom stereocenters. The molecular weight excluding hydrogens is 216 g/mol. The zero-order chi connectivity index (χ0) is 12.0. The third-order valence-corrected chi connectivity index (χ3v) is 4.12. The molecule has 0 bridgehead atoms. The Kier molecular flexibility index (Phi) is 2.43. The maximum absolute atomic E-state index is 12.3. The van der Waals surface area contributed by atoms with Crippen molar-refractivity contribution in [2.24, 2.45) is 18.9 Å². The minimum absolute atomic E-state index is 0.0764. The van der Waals surface area contributed by atoms with Gasteiger partial charge in [0.2, 0.25) is 0 Å². The van der Waals surface area contributed by atoms with E-state index in [0.29, 0.717) is 23.6 Å². The van der Waals surface area contributed by atoms with E-state index in [1.165, 1.54) is 0 Å². The number of rotatable bonds is 1. The van der Waals surface area contributed by atoms with Gasteiger partial charge in [0.1, 0.15) is 5.69 Å². The van der Waals surface area contributed by atoms with Crippen LogP contribution < -0.4 is 5.32 Å². The number of amides is 1. The molecule has 92 valence electrons. The van der Waals surface area contributed by atoms with Crippen LogP contribution in [0.25, 0.3) is 0 Å². The Morgan fingerprint density at radius 1 is 1.53 bits per heavy atom. The highest BCUT2D eigenvalue weighted by Gasteiger charge is 2.44. The van der Waals surface area contributed by atoms with Crippen LogP contribution in [-0.4, -0.2) is 46.0 Å². The summed E-state index contributed by atoms with van der Waals surface area (Å²) in [5.74, 6) is 1.31. The highest BCUT2D eigenvalue weighted by molar-refractivity contribution is 5.92. The number of nitrogens with zero attached hydrogens (tertiary/aromatic N) is 3. The lowest BCUT2D eigenvalue weighted by molar-refractivity contribution is 0.0723. The molecule has 3 heterocycles. The maximum atomic E-state index is 12.3. The van der Waals surface area contributed by atoms with Crippen LogP contribution in [0.2, 0.25) is 0 Å². The lowest BCUT2D eigenvalue weighted by atomic mass is 9.95. The minimum Gasteiger partial charge on any atom is -0.340 e. The number of hydrogen-bond acceptors (Lipinski definition) is 3. The van der Waals surface area contributed by atoms with Crippen molar-refractivity contribution in [2.75, 3.05) is 19.6 Å². The molecule has 3 rings (SSSR count). The zero-order valence-corrected chi connectivity index (χ0v) is 10.3. The molecule has 2 saturated heterocycles. The Labute approximate surface area is 101 Å². The summed E-state index contributed by atoms with van der Waals surface area (Å²) in [6.45, 7) is 5.10. The lowest BCUT2D eigenvalue weighted by Gasteiger charge is -2.23. The number of carbonyl (C=O) groups excluding carboxylic acids is 1. The summed E-state index contributed by atoms with van der Waals surface area (Å²) in [5.41, 5.74) is 0.562. The summed E-state index contributed by atoms with van der Waals surface area (Å²) in [6, 6.07) is 0.324. The quantitative estimate of drug-likeness (QED) is 0.750. The summed E-state index contributed by atoms with van der Waals surface area (Å²) in [7, 11) is 1.88. The molecule has 3 unspecified atom stereocenters. The average Bonchev–Trinajstić information content (AvgIpc) is 2.96. The van der Waals surface area contributed by atoms with Gasteiger partial charge in [-0.1, -0.05) is 0 Å². The van der Waals surface area contributed by atoms with E-state index in [9.17, 15) is 4.79 Å². The van der Waals surface area contributed by atoms with E-state index in [0.717, 1.165) is 19.6 Å². The second-order valence-electron chi connectivity index (χ2n) is 5.20. The van der Waals surface area contributed by atoms with Gasteiger partial charge in [0.15, 0.2) is 0 Å². The molecule has 1 aromatic heterocycles. The van der Waals surface area contributed by atoms with Crippen molar-refractivity contribution < 1.29 is 4.79 Å². The van der Waals surface area contributed by atoms with Crippen molar-refractivity contribution in [1.82, 2.24) is 19.8 Å². The number of carbonyl (C=O) groups is 1. The number of aromatic nitrogens is 2. The zero-order valence-electron chi connectivity index (χ0n) is 10.3. The van der Waals surface area contributed by atoms with Crippen LogP contribution in [0.1, 0.15) is 17.4 Å². The monoisotopic (exact) mass is 234 g/mol. The summed E-state index contributed by atoms with van der Waals surface area (Å²) < 4.78 is 1.82. The smallest absolute Gasteiger partial charge is 0.274 e. The molecule has 0 spiro atoms. The first-order valence-corrected chi connectivity index (χ1v) is 6.16. The van der Waals surface area contributed by atoms with Crippen molar-refractivity contribution in [1.29, 1.82) is 0 Å². The first-order valence-electron chi connectivity index (χ1n) is 6.16. The summed E-state index contributed by atoms with van der Waals surface area (Å²) >= 11 is 0. The van der Waals surface area contributed by atoms with Crippen LogP contribution in [0.15, 0.2) is 12.5 Å². The fourth-order valence-electron chi connectivity index (χ4n) is 3.11. The van der Waals surface area contributed by atoms with Gasteiger partial charge < -0.3 is 14.8 Å². The minimum atomic E-state index is 0.0764. The van der Waals surface area contributed by atoms with Gasteiger partial charge in [-0.15, -0.1) is 0 Å². The van der Waals surface area contributed by atoms with Gasteiger partial charge in [0.05, 0.1) is 6.33 Å². The van der Waals surface area contributed by atoms with E-state index in [4.69, 9.17) is 0 Å². The van der Waals surface area contributed by atoms with Gasteiger partial charge in [-0.05, 0) is 18.8 Å². The molecule has 5 nitrogen and oxygen atoms in total. The molecule has 1 N–H and O–H groups in total. The van der Waals surface area contributed by atoms with Gasteiger partial charge in [0.25, 0.3) is 5.91 Å². The number of nitrogens with one attached hydrogen (secondary N) is 1. The molecule has 1 aromatic rings. The lowest BCUT2D eigenvalue weighted by Crippen LogP contribution is -2.38. The Morgan fingerprint density at radius 2 is 2.35 bits per heavy atom. The van der Waals surface area contributed by atoms with Crippen molar-refractivity contribution in [3.05, 3.63) is 18.2 Å². The van der Waals surface area contributed by atoms with Crippen molar-refractivity contribution in [3.8, 4) is 0 Å². The Morgan fingerprint density at radius 3 is 3.00 bits per heavy atom. The largest absolute Gasteiger partial charge is 0.340 e. The second-order valence-corrected chi connectivity index (χ2v) is 5.20. The van der Waals surface area contributed by atoms with Gasteiger partial charge in [-0.25, -0.2) is 4.98 Å². The highest BCUT2D eigenvalue weighted by atomic mass is 16.2. The van der Waals surface area contributed by atoms with Crippen LogP contribution >= 0.6 is 0 Å². The number of hydrogen-bond donors (Lipinski definition) is 1. The molecule has 1 amide bonds. The highest BCUT2D eigenvalue weighted by Crippen LogP contribution is 2.32. The third kappa shape index (κ3) is 1.65. The summed E-state index contributed by atoms with van der Waals surface area (Å²) in [5, 5.41) is 3.40. The predicted molar refractivity (Wildman–Crippen MR) is 63.6 cm³/mol. The summed E-state index contributed by atoms with van der Waals surface area (Å²) in [4.78, 5) is 18.5. The molecule has 0 aliphatic carbocycles. The van der Waals surface area contributed by atoms with Crippen LogP contribution in [0.4, 0.5) is 0 Å². The Balaban J connectivity index is 1.79. The van der Waals surface area contributed by atoms with E-state index >= 15 is 0 Å². The van der Waals surface area contributed by atoms with Crippen LogP contribution in [-0.2, 0) is 7.05 Å². The standard InChI is InChI=1S/C12H18N4O/c1-8-10-4-13-3-9(10)5-16(8)12(17)11-6-15(2)7-14-11/h6-10,13H,3-5H2,1-2H3. The first-order chi connectivity index (χ1) is 8.16. The van der Waals surface area contributed by atoms with E-state index in [1.807, 2.05) is 16.5 Å². The van der Waals surface area contributed by atoms with E-state index in [2.05, 4.69) is 17.2 Å². The molecule has 2 fully saturated rings. The van der Waals surface area contributed by atoms with Crippen molar-refractivity contribution in [2.45, 2.75) is 13.0 Å². The normalized spacial score (nSPS) is 31.9. The van der Waals surface area contributed by atoms with Gasteiger partial charge in [-0.2, -0.15) is 0 Å². The topological polar surface area (TPSA) is 50.2 Å². The van der Waals surface area contributed by atoms with Crippen LogP contribution in [0, 0.1) is 11.8 Å². The fraction of sp³-hybridized carbons (Fsp3) is 0.667. The molecule has 2 aliphatic heterocycles. The van der Waals surface area contributed by atoms with E-state index in [1.54, 1.807) is 12.5 Å². The molecule has 5 heteroatoms. The SMILES string of the molecule is CC1C2CNCC2CN1C(=O)c1cn(C)cn1. The molecule has 2 aliphatic rings. The molecule has 0 aromatic carbocycles. The number of likely N-dealkylation sites (tertiary alicyclic amines) is 1. The molecular formula is C12H18N4O. The summed E-state index contributed by atoms with van der Waals surface area (Å²) in [6.07, 6.45) is 3.47. The van der Waals surface area contributed by atoms with Gasteiger partial charge >= 0.3 is 0 Å². The molecule has 0 radical (unpaired) electrons. The average molecular weight is 234 g/mol. The fourth-order valence-corrected chi connectivity index (χ4v) is 3.11. The number of aryl methyl sites for hydroxylation is 1. The van der Waals surface area contributed by atoms with Crippen LogP contribution in [0.5, 0.6) is 0 Å². The molecule has 17 heavy (non-hydrogen) atoms. The van der Waals surface area contributed by atoms with Crippen molar-refractivity contribution in [3.63, 3.8) is 0 Å². The van der Waals surface area contributed by atoms with Gasteiger partial charge in [-0.3, -0.25) is 4.79 Å². The first kappa shape index (κ1) is 10.8. The second kappa shape index (κ2) is 3.84. The predicted octanol–water partition coefficient (Wildman–Crippen LogP) is 0.1000. The Bertz CT molecular complexity index is 441. The maximum Gasteiger partial charge on any atom is 0.274 e. The number of imidazole rings is 1. The Hall–Kier alpha value is -1.36. The molecule has 0 saturated carbocycles. The van der Waals surface area contributed by atoms with E-state index in [-0.39, 0.29) is 5.91 Å². The van der Waals surface area contributed by atoms with Crippen LogP contribution in [0.3, 0.4) is 0 Å².